The second-order valence-electron chi connectivity index (χ2n) is 5.23. The number of hydrogen-bond donors (Lipinski definition) is 1. The van der Waals surface area contributed by atoms with Gasteiger partial charge in [-0.25, -0.2) is 0 Å². The largest absolute Gasteiger partial charge is 0.381 e. The normalized spacial score (nSPS) is 18.1. The lowest BCUT2D eigenvalue weighted by atomic mass is 9.91. The molecule has 0 atom stereocenters. The monoisotopic (exact) mass is 325 g/mol. The van der Waals surface area contributed by atoms with Gasteiger partial charge in [0.2, 0.25) is 0 Å². The van der Waals surface area contributed by atoms with Gasteiger partial charge in [0, 0.05) is 24.1 Å². The average molecular weight is 326 g/mol. The zero-order valence-corrected chi connectivity index (χ0v) is 13.0. The number of carbonyl (C=O) groups excluding carboxylic acids is 1. The zero-order chi connectivity index (χ0) is 13.9. The predicted molar refractivity (Wildman–Crippen MR) is 80.0 cm³/mol. The van der Waals surface area contributed by atoms with Gasteiger partial charge in [-0.1, -0.05) is 28.1 Å². The fraction of sp³-hybridized carbons (Fsp3) is 0.533. The van der Waals surface area contributed by atoms with E-state index in [1.807, 2.05) is 32.0 Å². The molecule has 1 aromatic rings. The van der Waals surface area contributed by atoms with Gasteiger partial charge >= 0.3 is 0 Å². The summed E-state index contributed by atoms with van der Waals surface area (Å²) in [6, 6.07) is 5.85. The van der Waals surface area contributed by atoms with Crippen LogP contribution in [0.5, 0.6) is 0 Å². The van der Waals surface area contributed by atoms with Gasteiger partial charge in [-0.2, -0.15) is 0 Å². The van der Waals surface area contributed by atoms with E-state index in [4.69, 9.17) is 4.74 Å². The maximum absolute atomic E-state index is 12.5. The summed E-state index contributed by atoms with van der Waals surface area (Å²) in [6.45, 7) is 5.44. The van der Waals surface area contributed by atoms with E-state index in [1.165, 1.54) is 0 Å². The Morgan fingerprint density at radius 2 is 2.05 bits per heavy atom. The molecule has 0 spiro atoms. The van der Waals surface area contributed by atoms with E-state index in [9.17, 15) is 4.79 Å². The Morgan fingerprint density at radius 1 is 1.37 bits per heavy atom. The number of benzene rings is 1. The summed E-state index contributed by atoms with van der Waals surface area (Å²) in [5, 5.41) is 3.96. The van der Waals surface area contributed by atoms with E-state index in [0.29, 0.717) is 13.2 Å². The molecule has 104 valence electrons. The first kappa shape index (κ1) is 14.5. The van der Waals surface area contributed by atoms with E-state index < -0.39 is 0 Å². The third-order valence-corrected chi connectivity index (χ3v) is 5.01. The molecule has 1 fully saturated rings. The van der Waals surface area contributed by atoms with Crippen molar-refractivity contribution in [3.63, 3.8) is 0 Å². The van der Waals surface area contributed by atoms with Crippen LogP contribution in [0.25, 0.3) is 0 Å². The third kappa shape index (κ3) is 3.18. The molecule has 0 bridgehead atoms. The van der Waals surface area contributed by atoms with Gasteiger partial charge in [-0.15, -0.1) is 0 Å². The second-order valence-corrected chi connectivity index (χ2v) is 5.79. The van der Waals surface area contributed by atoms with Gasteiger partial charge < -0.3 is 10.1 Å². The Labute approximate surface area is 122 Å². The summed E-state index contributed by atoms with van der Waals surface area (Å²) >= 11 is 3.53. The molecule has 3 nitrogen and oxygen atoms in total. The van der Waals surface area contributed by atoms with Crippen molar-refractivity contribution in [3.05, 3.63) is 34.9 Å². The molecule has 1 heterocycles. The van der Waals surface area contributed by atoms with Crippen LogP contribution in [0.2, 0.25) is 0 Å². The van der Waals surface area contributed by atoms with Crippen molar-refractivity contribution in [3.8, 4) is 0 Å². The maximum Gasteiger partial charge on any atom is 0.252 e. The van der Waals surface area contributed by atoms with Crippen molar-refractivity contribution >= 4 is 21.8 Å². The summed E-state index contributed by atoms with van der Waals surface area (Å²) in [4.78, 5) is 12.5. The SMILES string of the molecule is Cc1cccc(C(=O)NC2(CBr)CCOCC2)c1C. The maximum atomic E-state index is 12.5. The van der Waals surface area contributed by atoms with Crippen molar-refractivity contribution in [2.24, 2.45) is 0 Å². The first-order chi connectivity index (χ1) is 9.08. The highest BCUT2D eigenvalue weighted by atomic mass is 79.9. The highest BCUT2D eigenvalue weighted by Crippen LogP contribution is 2.24. The molecule has 1 aromatic carbocycles. The molecular formula is C15H20BrNO2. The molecule has 1 aliphatic heterocycles. The number of alkyl halides is 1. The van der Waals surface area contributed by atoms with Crippen LogP contribution in [-0.4, -0.2) is 30.0 Å². The Kier molecular flexibility index (Phi) is 4.63. The van der Waals surface area contributed by atoms with Crippen molar-refractivity contribution in [1.29, 1.82) is 0 Å². The minimum atomic E-state index is -0.175. The predicted octanol–water partition coefficient (Wildman–Crippen LogP) is 2.98. The highest BCUT2D eigenvalue weighted by Gasteiger charge is 2.33. The fourth-order valence-corrected chi connectivity index (χ4v) is 3.06. The number of ether oxygens (including phenoxy) is 1. The van der Waals surface area contributed by atoms with Crippen LogP contribution in [0, 0.1) is 13.8 Å². The number of hydrogen-bond acceptors (Lipinski definition) is 2. The molecule has 0 unspecified atom stereocenters. The number of aryl methyl sites for hydroxylation is 1. The summed E-state index contributed by atoms with van der Waals surface area (Å²) in [6.07, 6.45) is 1.71. The Bertz CT molecular complexity index is 467. The fourth-order valence-electron chi connectivity index (χ4n) is 2.36. The van der Waals surface area contributed by atoms with E-state index in [-0.39, 0.29) is 11.4 Å². The van der Waals surface area contributed by atoms with Gasteiger partial charge in [-0.3, -0.25) is 4.79 Å². The second kappa shape index (κ2) is 6.06. The van der Waals surface area contributed by atoms with Crippen LogP contribution in [-0.2, 0) is 4.74 Å². The van der Waals surface area contributed by atoms with Crippen LogP contribution >= 0.6 is 15.9 Å². The zero-order valence-electron chi connectivity index (χ0n) is 11.5. The molecular weight excluding hydrogens is 306 g/mol. The van der Waals surface area contributed by atoms with E-state index in [1.54, 1.807) is 0 Å². The van der Waals surface area contributed by atoms with Gasteiger partial charge in [0.15, 0.2) is 0 Å². The molecule has 1 saturated heterocycles. The first-order valence-electron chi connectivity index (χ1n) is 6.60. The topological polar surface area (TPSA) is 38.3 Å². The van der Waals surface area contributed by atoms with Crippen molar-refractivity contribution in [2.45, 2.75) is 32.2 Å². The Morgan fingerprint density at radius 3 is 2.68 bits per heavy atom. The number of amides is 1. The molecule has 2 rings (SSSR count). The average Bonchev–Trinajstić information content (AvgIpc) is 2.42. The van der Waals surface area contributed by atoms with Crippen molar-refractivity contribution in [2.75, 3.05) is 18.5 Å². The standard InChI is InChI=1S/C15H20BrNO2/c1-11-4-3-5-13(12(11)2)14(18)17-15(10-16)6-8-19-9-7-15/h3-5H,6-10H2,1-2H3,(H,17,18). The number of nitrogens with one attached hydrogen (secondary N) is 1. The summed E-state index contributed by atoms with van der Waals surface area (Å²) < 4.78 is 5.38. The quantitative estimate of drug-likeness (QED) is 0.867. The lowest BCUT2D eigenvalue weighted by Gasteiger charge is -2.36. The lowest BCUT2D eigenvalue weighted by Crippen LogP contribution is -2.53. The van der Waals surface area contributed by atoms with Gasteiger partial charge in [0.25, 0.3) is 5.91 Å². The minimum absolute atomic E-state index is 0.0163. The van der Waals surface area contributed by atoms with Crippen molar-refractivity contribution < 1.29 is 9.53 Å². The molecule has 0 saturated carbocycles. The highest BCUT2D eigenvalue weighted by molar-refractivity contribution is 9.09. The van der Waals surface area contributed by atoms with E-state index in [2.05, 4.69) is 21.2 Å². The van der Waals surface area contributed by atoms with Crippen molar-refractivity contribution in [1.82, 2.24) is 5.32 Å². The molecule has 1 amide bonds. The van der Waals surface area contributed by atoms with Crippen LogP contribution in [0.15, 0.2) is 18.2 Å². The van der Waals surface area contributed by atoms with Crippen LogP contribution in [0.4, 0.5) is 0 Å². The first-order valence-corrected chi connectivity index (χ1v) is 7.72. The molecule has 0 radical (unpaired) electrons. The molecule has 1 N–H and O–H groups in total. The lowest BCUT2D eigenvalue weighted by molar-refractivity contribution is 0.0441. The number of halogens is 1. The van der Waals surface area contributed by atoms with Crippen LogP contribution in [0.1, 0.15) is 34.3 Å². The molecule has 19 heavy (non-hydrogen) atoms. The van der Waals surface area contributed by atoms with Gasteiger partial charge in [0.1, 0.15) is 0 Å². The van der Waals surface area contributed by atoms with Crippen LogP contribution in [0.3, 0.4) is 0 Å². The molecule has 1 aliphatic rings. The van der Waals surface area contributed by atoms with E-state index in [0.717, 1.165) is 34.9 Å². The van der Waals surface area contributed by atoms with Gasteiger partial charge in [-0.05, 0) is 43.9 Å². The Balaban J connectivity index is 2.17. The third-order valence-electron chi connectivity index (χ3n) is 3.93. The smallest absolute Gasteiger partial charge is 0.252 e. The Hall–Kier alpha value is -0.870. The van der Waals surface area contributed by atoms with Gasteiger partial charge in [0.05, 0.1) is 5.54 Å². The molecule has 0 aliphatic carbocycles. The van der Waals surface area contributed by atoms with E-state index >= 15 is 0 Å². The summed E-state index contributed by atoms with van der Waals surface area (Å²) in [7, 11) is 0. The molecule has 0 aromatic heterocycles. The minimum Gasteiger partial charge on any atom is -0.381 e. The summed E-state index contributed by atoms with van der Waals surface area (Å²) in [5.41, 5.74) is 2.79. The van der Waals surface area contributed by atoms with Crippen LogP contribution < -0.4 is 5.32 Å². The number of carbonyl (C=O) groups is 1. The number of rotatable bonds is 3. The summed E-state index contributed by atoms with van der Waals surface area (Å²) in [5.74, 6) is 0.0163. The molecule has 4 heteroatoms.